The van der Waals surface area contributed by atoms with E-state index in [2.05, 4.69) is 10.4 Å². The van der Waals surface area contributed by atoms with Gasteiger partial charge in [0.25, 0.3) is 5.91 Å². The molecule has 1 aromatic rings. The van der Waals surface area contributed by atoms with Crippen molar-refractivity contribution in [3.05, 3.63) is 12.3 Å². The fraction of sp³-hybridized carbons (Fsp3) is 0.615. The molecule has 2 rings (SSSR count). The van der Waals surface area contributed by atoms with Gasteiger partial charge in [0.1, 0.15) is 12.4 Å². The Balaban J connectivity index is 1.66. The molecule has 0 unspecified atom stereocenters. The van der Waals surface area contributed by atoms with Gasteiger partial charge in [-0.1, -0.05) is 19.3 Å². The van der Waals surface area contributed by atoms with Crippen molar-refractivity contribution in [3.8, 4) is 0 Å². The third-order valence-corrected chi connectivity index (χ3v) is 3.29. The molecule has 7 heteroatoms. The minimum absolute atomic E-state index is 0.0477. The van der Waals surface area contributed by atoms with Gasteiger partial charge in [-0.25, -0.2) is 0 Å². The lowest BCUT2D eigenvalue weighted by Gasteiger charge is -2.22. The van der Waals surface area contributed by atoms with E-state index in [1.54, 1.807) is 12.3 Å². The van der Waals surface area contributed by atoms with E-state index >= 15 is 0 Å². The smallest absolute Gasteiger partial charge is 0.328 e. The summed E-state index contributed by atoms with van der Waals surface area (Å²) in [6.07, 6.45) is 7.11. The highest BCUT2D eigenvalue weighted by Gasteiger charge is 2.16. The average Bonchev–Trinajstić information content (AvgIpc) is 2.83. The minimum Gasteiger partial charge on any atom is -0.454 e. The second kappa shape index (κ2) is 6.93. The molecule has 0 spiro atoms. The van der Waals surface area contributed by atoms with Gasteiger partial charge in [0.15, 0.2) is 6.61 Å². The Kier molecular flexibility index (Phi) is 4.97. The Morgan fingerprint density at radius 3 is 2.80 bits per heavy atom. The maximum absolute atomic E-state index is 11.6. The fourth-order valence-corrected chi connectivity index (χ4v) is 2.31. The first kappa shape index (κ1) is 14.4. The van der Waals surface area contributed by atoms with Crippen LogP contribution in [-0.2, 0) is 20.9 Å². The zero-order valence-electron chi connectivity index (χ0n) is 11.4. The van der Waals surface area contributed by atoms with Crippen molar-refractivity contribution in [2.24, 2.45) is 0 Å². The van der Waals surface area contributed by atoms with Crippen molar-refractivity contribution in [1.29, 1.82) is 0 Å². The highest BCUT2D eigenvalue weighted by Crippen LogP contribution is 2.17. The number of esters is 1. The molecule has 7 nitrogen and oxygen atoms in total. The summed E-state index contributed by atoms with van der Waals surface area (Å²) in [6.45, 7) is -0.292. The summed E-state index contributed by atoms with van der Waals surface area (Å²) < 4.78 is 6.28. The topological polar surface area (TPSA) is 99.2 Å². The zero-order valence-corrected chi connectivity index (χ0v) is 11.4. The van der Waals surface area contributed by atoms with Crippen LogP contribution in [0.1, 0.15) is 32.1 Å². The number of carbonyl (C=O) groups excluding carboxylic acids is 2. The van der Waals surface area contributed by atoms with Gasteiger partial charge in [0.2, 0.25) is 0 Å². The molecule has 0 atom stereocenters. The molecule has 1 heterocycles. The molecule has 3 N–H and O–H groups in total. The van der Waals surface area contributed by atoms with E-state index in [1.165, 1.54) is 11.1 Å². The number of nitrogens with two attached hydrogens (primary N) is 1. The normalized spacial score (nSPS) is 15.8. The zero-order chi connectivity index (χ0) is 14.4. The second-order valence-corrected chi connectivity index (χ2v) is 5.00. The van der Waals surface area contributed by atoms with Gasteiger partial charge in [-0.15, -0.1) is 0 Å². The second-order valence-electron chi connectivity index (χ2n) is 5.00. The molecule has 1 fully saturated rings. The predicted octanol–water partition coefficient (Wildman–Crippen LogP) is 0.457. The SMILES string of the molecule is Nc1ccn(CC(=O)OCC(=O)NC2CCCCC2)n1. The van der Waals surface area contributed by atoms with Crippen LogP contribution in [0.2, 0.25) is 0 Å². The maximum Gasteiger partial charge on any atom is 0.328 e. The summed E-state index contributed by atoms with van der Waals surface area (Å²) >= 11 is 0. The van der Waals surface area contributed by atoms with Gasteiger partial charge in [0.05, 0.1) is 0 Å². The number of nitrogens with zero attached hydrogens (tertiary/aromatic N) is 2. The highest BCUT2D eigenvalue weighted by molar-refractivity contribution is 5.80. The van der Waals surface area contributed by atoms with Crippen LogP contribution in [0.5, 0.6) is 0 Å². The molecular formula is C13H20N4O3. The first-order valence-corrected chi connectivity index (χ1v) is 6.87. The Morgan fingerprint density at radius 2 is 2.15 bits per heavy atom. The molecule has 0 radical (unpaired) electrons. The lowest BCUT2D eigenvalue weighted by atomic mass is 9.95. The number of anilines is 1. The summed E-state index contributed by atoms with van der Waals surface area (Å²) in [7, 11) is 0. The first-order chi connectivity index (χ1) is 9.63. The number of hydrogen-bond acceptors (Lipinski definition) is 5. The van der Waals surface area contributed by atoms with Crippen LogP contribution in [0, 0.1) is 0 Å². The molecule has 0 bridgehead atoms. The number of ether oxygens (including phenoxy) is 1. The van der Waals surface area contributed by atoms with E-state index in [4.69, 9.17) is 10.5 Å². The lowest BCUT2D eigenvalue weighted by molar-refractivity contribution is -0.149. The van der Waals surface area contributed by atoms with E-state index in [9.17, 15) is 9.59 Å². The van der Waals surface area contributed by atoms with Crippen LogP contribution in [-0.4, -0.2) is 34.3 Å². The van der Waals surface area contributed by atoms with Crippen molar-refractivity contribution in [1.82, 2.24) is 15.1 Å². The van der Waals surface area contributed by atoms with Gasteiger partial charge in [0, 0.05) is 12.2 Å². The summed E-state index contributed by atoms with van der Waals surface area (Å²) in [5.74, 6) is -0.412. The molecule has 1 aliphatic carbocycles. The van der Waals surface area contributed by atoms with E-state index in [-0.39, 0.29) is 25.1 Å². The van der Waals surface area contributed by atoms with Gasteiger partial charge in [-0.05, 0) is 18.9 Å². The van der Waals surface area contributed by atoms with Crippen LogP contribution < -0.4 is 11.1 Å². The summed E-state index contributed by atoms with van der Waals surface area (Å²) in [4.78, 5) is 23.2. The number of amides is 1. The molecule has 0 aromatic carbocycles. The molecule has 1 amide bonds. The predicted molar refractivity (Wildman–Crippen MR) is 72.6 cm³/mol. The average molecular weight is 280 g/mol. The van der Waals surface area contributed by atoms with E-state index in [0.29, 0.717) is 5.82 Å². The number of rotatable bonds is 5. The van der Waals surface area contributed by atoms with Crippen molar-refractivity contribution in [2.45, 2.75) is 44.7 Å². The molecular weight excluding hydrogens is 260 g/mol. The Hall–Kier alpha value is -2.05. The monoisotopic (exact) mass is 280 g/mol. The fourth-order valence-electron chi connectivity index (χ4n) is 2.31. The standard InChI is InChI=1S/C13H20N4O3/c14-11-6-7-17(16-11)8-13(19)20-9-12(18)15-10-4-2-1-3-5-10/h6-7,10H,1-5,8-9H2,(H2,14,16)(H,15,18). The van der Waals surface area contributed by atoms with Crippen molar-refractivity contribution in [2.75, 3.05) is 12.3 Å². The summed E-state index contributed by atoms with van der Waals surface area (Å²) in [5, 5.41) is 6.75. The van der Waals surface area contributed by atoms with Crippen molar-refractivity contribution in [3.63, 3.8) is 0 Å². The number of hydrogen-bond donors (Lipinski definition) is 2. The van der Waals surface area contributed by atoms with E-state index < -0.39 is 5.97 Å². The van der Waals surface area contributed by atoms with Gasteiger partial charge < -0.3 is 15.8 Å². The number of nitrogen functional groups attached to an aromatic ring is 1. The number of carbonyl (C=O) groups is 2. The molecule has 0 saturated heterocycles. The van der Waals surface area contributed by atoms with Gasteiger partial charge in [-0.3, -0.25) is 14.3 Å². The van der Waals surface area contributed by atoms with Crippen LogP contribution in [0.15, 0.2) is 12.3 Å². The maximum atomic E-state index is 11.6. The number of aromatic nitrogens is 2. The van der Waals surface area contributed by atoms with Crippen LogP contribution in [0.25, 0.3) is 0 Å². The third kappa shape index (κ3) is 4.56. The van der Waals surface area contributed by atoms with E-state index in [0.717, 1.165) is 25.7 Å². The van der Waals surface area contributed by atoms with Gasteiger partial charge >= 0.3 is 5.97 Å². The minimum atomic E-state index is -0.508. The summed E-state index contributed by atoms with van der Waals surface area (Å²) in [6, 6.07) is 1.81. The first-order valence-electron chi connectivity index (χ1n) is 6.87. The molecule has 0 aliphatic heterocycles. The van der Waals surface area contributed by atoms with E-state index in [1.807, 2.05) is 0 Å². The molecule has 1 saturated carbocycles. The third-order valence-electron chi connectivity index (χ3n) is 3.29. The van der Waals surface area contributed by atoms with Crippen molar-refractivity contribution >= 4 is 17.7 Å². The Bertz CT molecular complexity index is 466. The van der Waals surface area contributed by atoms with Crippen LogP contribution in [0.4, 0.5) is 5.82 Å². The Labute approximate surface area is 117 Å². The van der Waals surface area contributed by atoms with Gasteiger partial charge in [-0.2, -0.15) is 5.10 Å². The highest BCUT2D eigenvalue weighted by atomic mass is 16.5. The molecule has 1 aromatic heterocycles. The quantitative estimate of drug-likeness (QED) is 0.763. The van der Waals surface area contributed by atoms with Crippen molar-refractivity contribution < 1.29 is 14.3 Å². The molecule has 20 heavy (non-hydrogen) atoms. The largest absolute Gasteiger partial charge is 0.454 e. The van der Waals surface area contributed by atoms with Crippen LogP contribution in [0.3, 0.4) is 0 Å². The summed E-state index contributed by atoms with van der Waals surface area (Å²) in [5.41, 5.74) is 5.43. The van der Waals surface area contributed by atoms with Crippen LogP contribution >= 0.6 is 0 Å². The lowest BCUT2D eigenvalue weighted by Crippen LogP contribution is -2.38. The molecule has 1 aliphatic rings. The molecule has 110 valence electrons. The Morgan fingerprint density at radius 1 is 1.40 bits per heavy atom. The number of nitrogens with one attached hydrogen (secondary N) is 1.